The number of rotatable bonds is 13. The number of nitrogens with one attached hydrogen (secondary N) is 1. The van der Waals surface area contributed by atoms with Crippen LogP contribution in [0.25, 0.3) is 11.1 Å². The highest BCUT2D eigenvalue weighted by Gasteiger charge is 2.49. The standard InChI is InChI=1S/C55H63N10O11PS/c1-31-30-61(34-17-21-60(22-18-34)35-10-12-40-41(27-35)52(68)65(51(40)67)43-13-15-46(66)64(53(43)69)32(2)76-77(72,73)74)24-25-62(31)36-11-14-45(57-29-36)59-42-26-33(28-58-50(42)75-5)37-16-20-56-49(47(37)55(3,4)71)63-23-19-39-38-8-6-7-9-44(38)78-48(39)54(63)70/h10-12,14,16,20,26-29,31-32,34,43,71H,6-9,13,15,17-19,21-25,30H2,1-5H3,(H,57,59)(H2,72,73,74)/t31-,32?,43?/m0/s1/i5D3. The number of piperazine rings is 1. The molecule has 2 unspecified atom stereocenters. The van der Waals surface area contributed by atoms with Crippen LogP contribution in [0.5, 0.6) is 5.88 Å². The van der Waals surface area contributed by atoms with E-state index < -0.39 is 56.4 Å². The molecule has 11 rings (SSSR count). The number of carbonyl (C=O) groups excluding carboxylic acids is 5. The van der Waals surface area contributed by atoms with Crippen molar-refractivity contribution in [2.24, 2.45) is 0 Å². The van der Waals surface area contributed by atoms with E-state index >= 15 is 0 Å². The lowest BCUT2D eigenvalue weighted by Crippen LogP contribution is -2.58. The van der Waals surface area contributed by atoms with Crippen molar-refractivity contribution < 1.29 is 56.8 Å². The molecular weight excluding hydrogens is 1040 g/mol. The van der Waals surface area contributed by atoms with Crippen LogP contribution in [0.3, 0.4) is 0 Å². The summed E-state index contributed by atoms with van der Waals surface area (Å²) in [4.78, 5) is 112. The number of hydrogen-bond donors (Lipinski definition) is 4. The van der Waals surface area contributed by atoms with Crippen LogP contribution in [0.2, 0.25) is 0 Å². The summed E-state index contributed by atoms with van der Waals surface area (Å²) in [6.45, 7) is 10.7. The van der Waals surface area contributed by atoms with E-state index in [1.807, 2.05) is 12.1 Å². The smallest absolute Gasteiger partial charge is 0.471 e. The van der Waals surface area contributed by atoms with E-state index in [0.29, 0.717) is 65.3 Å². The lowest BCUT2D eigenvalue weighted by atomic mass is 9.89. The van der Waals surface area contributed by atoms with Crippen molar-refractivity contribution in [2.45, 2.75) is 115 Å². The molecule has 0 spiro atoms. The van der Waals surface area contributed by atoms with Crippen molar-refractivity contribution in [3.05, 3.63) is 98.6 Å². The number of aromatic nitrogens is 3. The molecule has 9 heterocycles. The molecule has 5 aliphatic heterocycles. The van der Waals surface area contributed by atoms with Gasteiger partial charge in [0.05, 0.1) is 44.6 Å². The van der Waals surface area contributed by atoms with Crippen LogP contribution >= 0.6 is 19.2 Å². The average molecular weight is 1110 g/mol. The first-order valence-electron chi connectivity index (χ1n) is 27.9. The van der Waals surface area contributed by atoms with Gasteiger partial charge in [0.2, 0.25) is 11.8 Å². The molecule has 3 atom stereocenters. The van der Waals surface area contributed by atoms with Crippen molar-refractivity contribution >= 4 is 77.4 Å². The summed E-state index contributed by atoms with van der Waals surface area (Å²) in [5, 5.41) is 15.0. The number of piperidine rings is 2. The minimum atomic E-state index is -5.08. The maximum atomic E-state index is 14.3. The molecule has 23 heteroatoms. The van der Waals surface area contributed by atoms with Crippen molar-refractivity contribution in [1.82, 2.24) is 29.7 Å². The first-order valence-corrected chi connectivity index (χ1v) is 28.7. The quantitative estimate of drug-likeness (QED) is 0.0734. The Bertz CT molecular complexity index is 3400. The highest BCUT2D eigenvalue weighted by Crippen LogP contribution is 2.44. The van der Waals surface area contributed by atoms with Crippen LogP contribution in [0.4, 0.5) is 28.7 Å². The Morgan fingerprint density at radius 1 is 0.833 bits per heavy atom. The second-order valence-electron chi connectivity index (χ2n) is 21.4. The zero-order valence-electron chi connectivity index (χ0n) is 46.7. The number of aryl methyl sites for hydroxylation is 1. The molecular formula is C55H63N10O11PS. The number of amides is 5. The van der Waals surface area contributed by atoms with Crippen LogP contribution in [0.15, 0.2) is 61.1 Å². The summed E-state index contributed by atoms with van der Waals surface area (Å²) in [5.74, 6) is -2.63. The molecule has 1 aliphatic carbocycles. The monoisotopic (exact) mass is 1110 g/mol. The molecule has 6 aliphatic rings. The van der Waals surface area contributed by atoms with Gasteiger partial charge in [-0.2, -0.15) is 0 Å². The van der Waals surface area contributed by atoms with E-state index in [0.717, 1.165) is 91.8 Å². The largest absolute Gasteiger partial charge is 0.480 e. The van der Waals surface area contributed by atoms with E-state index in [1.54, 1.807) is 72.8 Å². The van der Waals surface area contributed by atoms with Gasteiger partial charge in [0, 0.05) is 91.9 Å². The first-order chi connectivity index (χ1) is 38.4. The van der Waals surface area contributed by atoms with Gasteiger partial charge in [0.25, 0.3) is 23.6 Å². The number of imide groups is 2. The molecule has 4 aromatic heterocycles. The molecule has 4 N–H and O–H groups in total. The molecule has 0 radical (unpaired) electrons. The third-order valence-electron chi connectivity index (χ3n) is 16.0. The summed E-state index contributed by atoms with van der Waals surface area (Å²) in [5.41, 5.74) is 4.64. The van der Waals surface area contributed by atoms with Crippen molar-refractivity contribution in [2.75, 3.05) is 66.3 Å². The number of phosphoric acid groups is 1. The number of benzene rings is 1. The van der Waals surface area contributed by atoms with Gasteiger partial charge in [-0.05, 0) is 138 Å². The average Bonchev–Trinajstić information content (AvgIpc) is 4.01. The number of likely N-dealkylation sites (tertiary alicyclic amines) is 1. The van der Waals surface area contributed by atoms with E-state index in [2.05, 4.69) is 36.4 Å². The van der Waals surface area contributed by atoms with Gasteiger partial charge >= 0.3 is 7.82 Å². The number of ether oxygens (including phenoxy) is 1. The molecule has 3 saturated heterocycles. The molecule has 410 valence electrons. The van der Waals surface area contributed by atoms with Gasteiger partial charge in [-0.1, -0.05) is 0 Å². The molecule has 78 heavy (non-hydrogen) atoms. The molecule has 0 saturated carbocycles. The van der Waals surface area contributed by atoms with Crippen LogP contribution in [0.1, 0.15) is 122 Å². The fourth-order valence-corrected chi connectivity index (χ4v) is 14.2. The molecule has 0 bridgehead atoms. The molecule has 1 aromatic carbocycles. The minimum absolute atomic E-state index is 0.122. The second kappa shape index (κ2) is 20.9. The van der Waals surface area contributed by atoms with E-state index in [1.165, 1.54) is 16.6 Å². The van der Waals surface area contributed by atoms with Crippen molar-refractivity contribution in [1.29, 1.82) is 0 Å². The number of thiophene rings is 1. The Balaban J connectivity index is 0.735. The highest BCUT2D eigenvalue weighted by atomic mass is 32.1. The zero-order chi connectivity index (χ0) is 57.4. The number of phosphoric ester groups is 1. The van der Waals surface area contributed by atoms with Crippen LogP contribution in [-0.4, -0.2) is 145 Å². The Kier molecular flexibility index (Phi) is 13.3. The van der Waals surface area contributed by atoms with Gasteiger partial charge < -0.3 is 34.7 Å². The number of anilines is 5. The minimum Gasteiger partial charge on any atom is -0.480 e. The summed E-state index contributed by atoms with van der Waals surface area (Å²) in [6.07, 6.45) is 9.43. The summed E-state index contributed by atoms with van der Waals surface area (Å²) < 4.78 is 45.2. The lowest BCUT2D eigenvalue weighted by Gasteiger charge is -2.46. The molecule has 5 aromatic rings. The van der Waals surface area contributed by atoms with Gasteiger partial charge in [0.15, 0.2) is 0 Å². The Morgan fingerprint density at radius 2 is 1.60 bits per heavy atom. The van der Waals surface area contributed by atoms with Gasteiger partial charge in [-0.3, -0.25) is 48.1 Å². The molecule has 21 nitrogen and oxygen atoms in total. The first kappa shape index (κ1) is 49.6. The van der Waals surface area contributed by atoms with Crippen LogP contribution in [0, 0.1) is 0 Å². The third kappa shape index (κ3) is 9.96. The van der Waals surface area contributed by atoms with E-state index in [4.69, 9.17) is 18.8 Å². The summed E-state index contributed by atoms with van der Waals surface area (Å²) in [7, 11) is -7.90. The number of fused-ring (bicyclic) bond motifs is 4. The Hall–Kier alpha value is -6.65. The predicted molar refractivity (Wildman–Crippen MR) is 291 cm³/mol. The summed E-state index contributed by atoms with van der Waals surface area (Å²) in [6, 6.07) is 11.3. The van der Waals surface area contributed by atoms with Gasteiger partial charge in [-0.15, -0.1) is 11.3 Å². The third-order valence-corrected chi connectivity index (χ3v) is 17.9. The van der Waals surface area contributed by atoms with Gasteiger partial charge in [0.1, 0.15) is 29.6 Å². The summed E-state index contributed by atoms with van der Waals surface area (Å²) >= 11 is 1.58. The van der Waals surface area contributed by atoms with Crippen LogP contribution < -0.4 is 24.8 Å². The van der Waals surface area contributed by atoms with Crippen LogP contribution in [-0.2, 0) is 43.5 Å². The maximum Gasteiger partial charge on any atom is 0.471 e. The van der Waals surface area contributed by atoms with E-state index in [-0.39, 0.29) is 47.5 Å². The normalized spacial score (nSPS) is 21.8. The SMILES string of the molecule is [2H]C([2H])([2H])Oc1ncc(-c2ccnc(N3CCc4c(sc5c4CCCC5)C3=O)c2C(C)(C)O)cc1Nc1ccc(N2CCN(C3CCN(c4ccc5c(c4)C(=O)N(C4CCC(=O)N(C(C)OP(=O)(O)O)C4=O)C5=O)CC3)C[C@@H]2C)cn1. The number of aliphatic hydroxyl groups is 1. The van der Waals surface area contributed by atoms with Crippen molar-refractivity contribution in [3.63, 3.8) is 0 Å². The Morgan fingerprint density at radius 3 is 2.33 bits per heavy atom. The predicted octanol–water partition coefficient (Wildman–Crippen LogP) is 6.41. The lowest BCUT2D eigenvalue weighted by molar-refractivity contribution is -0.161. The fourth-order valence-electron chi connectivity index (χ4n) is 12.3. The zero-order valence-corrected chi connectivity index (χ0v) is 45.4. The molecule has 3 fully saturated rings. The number of methoxy groups -OCH3 is 1. The molecule has 5 amide bonds. The fraction of sp³-hybridized carbons (Fsp3) is 0.455. The number of pyridine rings is 3. The number of carbonyl (C=O) groups is 5. The number of hydrogen-bond acceptors (Lipinski definition) is 17. The highest BCUT2D eigenvalue weighted by molar-refractivity contribution is 7.46. The Labute approximate surface area is 459 Å². The topological polar surface area (TPSA) is 252 Å². The number of nitrogens with zero attached hydrogens (tertiary/aromatic N) is 9. The maximum absolute atomic E-state index is 14.3. The van der Waals surface area contributed by atoms with Crippen molar-refractivity contribution in [3.8, 4) is 17.0 Å². The van der Waals surface area contributed by atoms with Gasteiger partial charge in [-0.25, -0.2) is 19.5 Å². The van der Waals surface area contributed by atoms with E-state index in [9.17, 15) is 43.4 Å². The second-order valence-corrected chi connectivity index (χ2v) is 23.7.